The van der Waals surface area contributed by atoms with Gasteiger partial charge in [0.15, 0.2) is 0 Å². The molecule has 0 saturated heterocycles. The average molecular weight is 259 g/mol. The number of pyridine rings is 1. The van der Waals surface area contributed by atoms with Gasteiger partial charge in [-0.2, -0.15) is 0 Å². The van der Waals surface area contributed by atoms with E-state index in [2.05, 4.69) is 10.3 Å². The molecule has 1 aromatic heterocycles. The van der Waals surface area contributed by atoms with E-state index in [1.165, 1.54) is 12.1 Å². The number of ether oxygens (including phenoxy) is 1. The molecule has 98 valence electrons. The van der Waals surface area contributed by atoms with Crippen LogP contribution in [0.2, 0.25) is 0 Å². The zero-order valence-electron chi connectivity index (χ0n) is 10.6. The summed E-state index contributed by atoms with van der Waals surface area (Å²) in [6.07, 6.45) is 0. The minimum absolute atomic E-state index is 0.0159. The number of benzene rings is 1. The van der Waals surface area contributed by atoms with Crippen molar-refractivity contribution < 1.29 is 9.66 Å². The highest BCUT2D eigenvalue weighted by molar-refractivity contribution is 5.46. The fourth-order valence-corrected chi connectivity index (χ4v) is 1.59. The molecule has 1 N–H and O–H groups in total. The summed E-state index contributed by atoms with van der Waals surface area (Å²) in [6, 6.07) is 10.2. The summed E-state index contributed by atoms with van der Waals surface area (Å²) in [4.78, 5) is 14.3. The number of nitro groups is 1. The van der Waals surface area contributed by atoms with Gasteiger partial charge in [-0.3, -0.25) is 10.1 Å². The SMILES string of the molecule is CNc1ccc(Oc2ccc([N+](=O)[O-])c(C)n2)cc1. The van der Waals surface area contributed by atoms with E-state index in [4.69, 9.17) is 4.74 Å². The average Bonchev–Trinajstić information content (AvgIpc) is 2.39. The number of aromatic nitrogens is 1. The van der Waals surface area contributed by atoms with Crippen molar-refractivity contribution in [3.05, 3.63) is 52.2 Å². The molecule has 0 radical (unpaired) electrons. The fraction of sp³-hybridized carbons (Fsp3) is 0.154. The Bertz CT molecular complexity index is 597. The molecule has 0 amide bonds. The highest BCUT2D eigenvalue weighted by atomic mass is 16.6. The molecule has 1 heterocycles. The Balaban J connectivity index is 2.18. The van der Waals surface area contributed by atoms with Crippen LogP contribution in [0.25, 0.3) is 0 Å². The number of hydrogen-bond acceptors (Lipinski definition) is 5. The van der Waals surface area contributed by atoms with Crippen molar-refractivity contribution >= 4 is 11.4 Å². The lowest BCUT2D eigenvalue weighted by molar-refractivity contribution is -0.385. The predicted octanol–water partition coefficient (Wildman–Crippen LogP) is 3.13. The zero-order valence-corrected chi connectivity index (χ0v) is 10.6. The summed E-state index contributed by atoms with van der Waals surface area (Å²) in [6.45, 7) is 1.58. The molecule has 0 atom stereocenters. The van der Waals surface area contributed by atoms with Crippen LogP contribution in [0.1, 0.15) is 5.69 Å². The molecule has 6 heteroatoms. The first-order chi connectivity index (χ1) is 9.10. The first kappa shape index (κ1) is 12.8. The number of aryl methyl sites for hydroxylation is 1. The number of nitrogens with zero attached hydrogens (tertiary/aromatic N) is 2. The Labute approximate surface area is 110 Å². The number of rotatable bonds is 4. The van der Waals surface area contributed by atoms with E-state index in [9.17, 15) is 10.1 Å². The zero-order chi connectivity index (χ0) is 13.8. The molecule has 6 nitrogen and oxygen atoms in total. The molecular weight excluding hydrogens is 246 g/mol. The molecule has 0 unspecified atom stereocenters. The van der Waals surface area contributed by atoms with Crippen molar-refractivity contribution in [2.24, 2.45) is 0 Å². The van der Waals surface area contributed by atoms with E-state index in [-0.39, 0.29) is 5.69 Å². The summed E-state index contributed by atoms with van der Waals surface area (Å²) in [5.74, 6) is 0.958. The van der Waals surface area contributed by atoms with Crippen molar-refractivity contribution in [3.8, 4) is 11.6 Å². The van der Waals surface area contributed by atoms with Gasteiger partial charge in [-0.1, -0.05) is 0 Å². The molecule has 0 aliphatic heterocycles. The Morgan fingerprint density at radius 2 is 1.89 bits per heavy atom. The molecule has 0 fully saturated rings. The van der Waals surface area contributed by atoms with Crippen LogP contribution in [-0.2, 0) is 0 Å². The first-order valence-corrected chi connectivity index (χ1v) is 5.68. The topological polar surface area (TPSA) is 77.3 Å². The predicted molar refractivity (Wildman–Crippen MR) is 71.7 cm³/mol. The number of anilines is 1. The fourth-order valence-electron chi connectivity index (χ4n) is 1.59. The van der Waals surface area contributed by atoms with Gasteiger partial charge in [-0.15, -0.1) is 0 Å². The Hall–Kier alpha value is -2.63. The highest BCUT2D eigenvalue weighted by Crippen LogP contribution is 2.24. The van der Waals surface area contributed by atoms with Crippen molar-refractivity contribution in [2.75, 3.05) is 12.4 Å². The smallest absolute Gasteiger partial charge is 0.290 e. The molecule has 0 bridgehead atoms. The van der Waals surface area contributed by atoms with Crippen LogP contribution in [0.15, 0.2) is 36.4 Å². The van der Waals surface area contributed by atoms with Crippen molar-refractivity contribution in [3.63, 3.8) is 0 Å². The molecule has 0 aliphatic rings. The first-order valence-electron chi connectivity index (χ1n) is 5.68. The standard InChI is InChI=1S/C13H13N3O3/c1-9-12(16(17)18)7-8-13(15-9)19-11-5-3-10(14-2)4-6-11/h3-8,14H,1-2H3. The van der Waals surface area contributed by atoms with E-state index in [1.807, 2.05) is 19.2 Å². The molecule has 2 aromatic rings. The second-order valence-corrected chi connectivity index (χ2v) is 3.89. The monoisotopic (exact) mass is 259 g/mol. The van der Waals surface area contributed by atoms with Crippen LogP contribution >= 0.6 is 0 Å². The Morgan fingerprint density at radius 1 is 1.21 bits per heavy atom. The third kappa shape index (κ3) is 2.98. The van der Waals surface area contributed by atoms with E-state index in [0.29, 0.717) is 17.3 Å². The van der Waals surface area contributed by atoms with Crippen LogP contribution in [0.4, 0.5) is 11.4 Å². The molecule has 0 aliphatic carbocycles. The summed E-state index contributed by atoms with van der Waals surface area (Å²) in [5, 5.41) is 13.7. The van der Waals surface area contributed by atoms with Gasteiger partial charge in [-0.05, 0) is 31.2 Å². The summed E-state index contributed by atoms with van der Waals surface area (Å²) < 4.78 is 5.53. The van der Waals surface area contributed by atoms with E-state index in [0.717, 1.165) is 5.69 Å². The molecule has 2 rings (SSSR count). The van der Waals surface area contributed by atoms with Gasteiger partial charge >= 0.3 is 0 Å². The Morgan fingerprint density at radius 3 is 2.42 bits per heavy atom. The number of nitrogens with one attached hydrogen (secondary N) is 1. The second kappa shape index (κ2) is 5.34. The minimum Gasteiger partial charge on any atom is -0.439 e. The lowest BCUT2D eigenvalue weighted by Crippen LogP contribution is -1.96. The molecule has 1 aromatic carbocycles. The highest BCUT2D eigenvalue weighted by Gasteiger charge is 2.12. The molecule has 19 heavy (non-hydrogen) atoms. The van der Waals surface area contributed by atoms with E-state index >= 15 is 0 Å². The lowest BCUT2D eigenvalue weighted by atomic mass is 10.3. The van der Waals surface area contributed by atoms with Crippen LogP contribution in [0.3, 0.4) is 0 Å². The second-order valence-electron chi connectivity index (χ2n) is 3.89. The minimum atomic E-state index is -0.464. The Kier molecular flexibility index (Phi) is 3.61. The van der Waals surface area contributed by atoms with Crippen LogP contribution in [0.5, 0.6) is 11.6 Å². The van der Waals surface area contributed by atoms with Crippen molar-refractivity contribution in [1.29, 1.82) is 0 Å². The van der Waals surface area contributed by atoms with Gasteiger partial charge in [-0.25, -0.2) is 4.98 Å². The van der Waals surface area contributed by atoms with Crippen LogP contribution in [-0.4, -0.2) is 17.0 Å². The maximum atomic E-state index is 10.7. The third-order valence-electron chi connectivity index (χ3n) is 2.59. The van der Waals surface area contributed by atoms with E-state index < -0.39 is 4.92 Å². The normalized spacial score (nSPS) is 10.0. The number of hydrogen-bond donors (Lipinski definition) is 1. The van der Waals surface area contributed by atoms with Gasteiger partial charge in [0.1, 0.15) is 11.4 Å². The summed E-state index contributed by atoms with van der Waals surface area (Å²) in [7, 11) is 1.83. The van der Waals surface area contributed by atoms with Crippen LogP contribution in [0, 0.1) is 17.0 Å². The molecule has 0 spiro atoms. The van der Waals surface area contributed by atoms with Gasteiger partial charge in [0, 0.05) is 24.9 Å². The third-order valence-corrected chi connectivity index (χ3v) is 2.59. The summed E-state index contributed by atoms with van der Waals surface area (Å²) in [5.41, 5.74) is 1.28. The maximum absolute atomic E-state index is 10.7. The molecule has 0 saturated carbocycles. The van der Waals surface area contributed by atoms with Gasteiger partial charge in [0.2, 0.25) is 5.88 Å². The lowest BCUT2D eigenvalue weighted by Gasteiger charge is -2.06. The van der Waals surface area contributed by atoms with Gasteiger partial charge in [0.05, 0.1) is 4.92 Å². The van der Waals surface area contributed by atoms with Gasteiger partial charge < -0.3 is 10.1 Å². The maximum Gasteiger partial charge on any atom is 0.290 e. The quantitative estimate of drug-likeness (QED) is 0.674. The molecular formula is C13H13N3O3. The van der Waals surface area contributed by atoms with Crippen molar-refractivity contribution in [1.82, 2.24) is 4.98 Å². The van der Waals surface area contributed by atoms with E-state index in [1.54, 1.807) is 19.1 Å². The van der Waals surface area contributed by atoms with Gasteiger partial charge in [0.25, 0.3) is 5.69 Å². The summed E-state index contributed by atoms with van der Waals surface area (Å²) >= 11 is 0. The van der Waals surface area contributed by atoms with Crippen LogP contribution < -0.4 is 10.1 Å². The van der Waals surface area contributed by atoms with Crippen molar-refractivity contribution in [2.45, 2.75) is 6.92 Å². The largest absolute Gasteiger partial charge is 0.439 e.